The molecule has 39 heavy (non-hydrogen) atoms. The molecule has 1 unspecified atom stereocenters. The maximum atomic E-state index is 13.1. The summed E-state index contributed by atoms with van der Waals surface area (Å²) in [6.45, 7) is 5.27. The van der Waals surface area contributed by atoms with E-state index in [9.17, 15) is 4.79 Å². The minimum atomic E-state index is 0.161. The number of anilines is 3. The summed E-state index contributed by atoms with van der Waals surface area (Å²) in [5.41, 5.74) is 7.52. The molecule has 202 valence electrons. The first-order chi connectivity index (χ1) is 19.0. The number of aromatic nitrogens is 3. The van der Waals surface area contributed by atoms with E-state index in [1.54, 1.807) is 6.20 Å². The van der Waals surface area contributed by atoms with E-state index in [1.165, 1.54) is 16.8 Å². The molecular weight excluding hydrogens is 490 g/mol. The number of hydrogen-bond donors (Lipinski definition) is 2. The Morgan fingerprint density at radius 2 is 1.79 bits per heavy atom. The van der Waals surface area contributed by atoms with Crippen LogP contribution >= 0.6 is 0 Å². The molecule has 2 aromatic heterocycles. The topological polar surface area (TPSA) is 92.8 Å². The second-order valence-corrected chi connectivity index (χ2v) is 10.5. The van der Waals surface area contributed by atoms with Gasteiger partial charge in [0, 0.05) is 89.6 Å². The summed E-state index contributed by atoms with van der Waals surface area (Å²) in [7, 11) is 5.92. The number of carbonyl (C=O) groups excluding carboxylic acids is 1. The summed E-state index contributed by atoms with van der Waals surface area (Å²) in [6.07, 6.45) is 4.49. The number of amides is 1. The Kier molecular flexibility index (Phi) is 6.78. The van der Waals surface area contributed by atoms with Crippen molar-refractivity contribution in [3.8, 4) is 11.3 Å². The quantitative estimate of drug-likeness (QED) is 0.497. The van der Waals surface area contributed by atoms with E-state index in [-0.39, 0.29) is 5.91 Å². The summed E-state index contributed by atoms with van der Waals surface area (Å²) >= 11 is 0. The number of likely N-dealkylation sites (N-methyl/N-ethyl adjacent to an activating group) is 1. The van der Waals surface area contributed by atoms with Crippen molar-refractivity contribution >= 4 is 29.1 Å². The Bertz CT molecular complexity index is 1400. The zero-order valence-corrected chi connectivity index (χ0v) is 22.8. The summed E-state index contributed by atoms with van der Waals surface area (Å²) < 4.78 is 0. The lowest BCUT2D eigenvalue weighted by Gasteiger charge is -2.42. The van der Waals surface area contributed by atoms with E-state index >= 15 is 0 Å². The second-order valence-electron chi connectivity index (χ2n) is 10.5. The lowest BCUT2D eigenvalue weighted by atomic mass is 9.96. The first-order valence-electron chi connectivity index (χ1n) is 13.5. The van der Waals surface area contributed by atoms with Gasteiger partial charge >= 0.3 is 0 Å². The van der Waals surface area contributed by atoms with Crippen LogP contribution in [0.1, 0.15) is 17.5 Å². The molecule has 10 heteroatoms. The van der Waals surface area contributed by atoms with Crippen molar-refractivity contribution in [2.24, 2.45) is 0 Å². The van der Waals surface area contributed by atoms with Gasteiger partial charge in [-0.2, -0.15) is 0 Å². The minimum absolute atomic E-state index is 0.161. The Hall–Kier alpha value is -4.18. The molecule has 10 nitrogen and oxygen atoms in total. The van der Waals surface area contributed by atoms with Gasteiger partial charge in [0.15, 0.2) is 0 Å². The molecule has 1 amide bonds. The minimum Gasteiger partial charge on any atom is -0.386 e. The zero-order valence-electron chi connectivity index (χ0n) is 22.8. The lowest BCUT2D eigenvalue weighted by molar-refractivity contribution is -0.131. The van der Waals surface area contributed by atoms with Gasteiger partial charge in [-0.3, -0.25) is 9.69 Å². The van der Waals surface area contributed by atoms with Crippen molar-refractivity contribution in [3.05, 3.63) is 65.6 Å². The summed E-state index contributed by atoms with van der Waals surface area (Å²) in [5, 5.41) is 6.85. The molecule has 1 atom stereocenters. The molecule has 1 fully saturated rings. The van der Waals surface area contributed by atoms with Gasteiger partial charge in [-0.1, -0.05) is 6.07 Å². The van der Waals surface area contributed by atoms with E-state index < -0.39 is 0 Å². The molecule has 13 rings (SSSR count). The first kappa shape index (κ1) is 25.1. The van der Waals surface area contributed by atoms with Gasteiger partial charge in [0.25, 0.3) is 0 Å². The van der Waals surface area contributed by atoms with Crippen LogP contribution in [0.2, 0.25) is 0 Å². The second kappa shape index (κ2) is 10.5. The van der Waals surface area contributed by atoms with Crippen LogP contribution in [0.15, 0.2) is 54.5 Å². The molecule has 10 aliphatic rings. The van der Waals surface area contributed by atoms with Crippen LogP contribution in [0.3, 0.4) is 0 Å². The van der Waals surface area contributed by atoms with Crippen molar-refractivity contribution in [1.29, 1.82) is 0 Å². The van der Waals surface area contributed by atoms with Crippen molar-refractivity contribution in [2.45, 2.75) is 13.0 Å². The number of pyridine rings is 1. The van der Waals surface area contributed by atoms with Gasteiger partial charge in [-0.25, -0.2) is 15.0 Å². The molecule has 0 spiro atoms. The third-order valence-electron chi connectivity index (χ3n) is 7.83. The normalized spacial score (nSPS) is 19.6. The van der Waals surface area contributed by atoms with Gasteiger partial charge in [0.05, 0.1) is 23.6 Å². The van der Waals surface area contributed by atoms with Crippen molar-refractivity contribution in [1.82, 2.24) is 35.0 Å². The van der Waals surface area contributed by atoms with Crippen LogP contribution in [0, 0.1) is 0 Å². The Morgan fingerprint density at radius 1 is 0.923 bits per heavy atom. The molecule has 12 heterocycles. The average Bonchev–Trinajstić information content (AvgIpc) is 2.95. The fourth-order valence-corrected chi connectivity index (χ4v) is 5.59. The van der Waals surface area contributed by atoms with Crippen LogP contribution in [0.5, 0.6) is 0 Å². The number of piperazine rings is 1. The van der Waals surface area contributed by atoms with Crippen LogP contribution in [-0.2, 0) is 11.3 Å². The molecule has 1 saturated heterocycles. The van der Waals surface area contributed by atoms with Gasteiger partial charge in [0.2, 0.25) is 11.9 Å². The highest BCUT2D eigenvalue weighted by Gasteiger charge is 2.30. The number of rotatable bonds is 1. The van der Waals surface area contributed by atoms with Crippen molar-refractivity contribution in [2.75, 3.05) is 70.6 Å². The molecule has 0 aliphatic carbocycles. The molecular formula is C29H35N9O. The van der Waals surface area contributed by atoms with Crippen LogP contribution in [-0.4, -0.2) is 96.0 Å². The van der Waals surface area contributed by atoms with Gasteiger partial charge in [-0.15, -0.1) is 0 Å². The van der Waals surface area contributed by atoms with Crippen LogP contribution < -0.4 is 15.5 Å². The smallest absolute Gasteiger partial charge is 0.236 e. The van der Waals surface area contributed by atoms with E-state index in [0.29, 0.717) is 19.0 Å². The SMILES string of the molecule is CNC1=C2CN3CCN2Cc2cc(ccc21)Nc1nccc(n1)-c1ccc(nc1)N(C)CCCN(C)C(=O)C3. The molecule has 0 radical (unpaired) electrons. The maximum Gasteiger partial charge on any atom is 0.236 e. The number of benzene rings is 1. The lowest BCUT2D eigenvalue weighted by Crippen LogP contribution is -2.50. The Balaban J connectivity index is 1.36. The maximum absolute atomic E-state index is 13.1. The number of nitrogens with zero attached hydrogens (tertiary/aromatic N) is 7. The van der Waals surface area contributed by atoms with E-state index in [1.807, 2.05) is 50.4 Å². The third kappa shape index (κ3) is 5.12. The molecule has 10 aliphatic heterocycles. The Labute approximate surface area is 229 Å². The molecule has 3 aromatic rings. The first-order valence-corrected chi connectivity index (χ1v) is 13.5. The van der Waals surface area contributed by atoms with E-state index in [2.05, 4.69) is 53.5 Å². The van der Waals surface area contributed by atoms with Crippen molar-refractivity contribution in [3.63, 3.8) is 0 Å². The molecule has 10 bridgehead atoms. The van der Waals surface area contributed by atoms with Gasteiger partial charge < -0.3 is 25.3 Å². The molecule has 0 saturated carbocycles. The fraction of sp³-hybridized carbons (Fsp3) is 0.379. The Morgan fingerprint density at radius 3 is 2.62 bits per heavy atom. The van der Waals surface area contributed by atoms with Gasteiger partial charge in [0.1, 0.15) is 5.82 Å². The largest absolute Gasteiger partial charge is 0.386 e. The van der Waals surface area contributed by atoms with E-state index in [0.717, 1.165) is 67.6 Å². The number of carbonyl (C=O) groups is 1. The third-order valence-corrected chi connectivity index (χ3v) is 7.83. The highest BCUT2D eigenvalue weighted by atomic mass is 16.2. The van der Waals surface area contributed by atoms with E-state index in [4.69, 9.17) is 4.98 Å². The standard InChI is InChI=1S/C29H35N9O/c1-30-28-23-7-6-22-15-21(23)17-38-14-13-37(18-25(28)38)19-27(39)36(3)12-4-11-35(2)26-8-5-20(16-32-26)24-9-10-31-29(33-22)34-24/h5-10,15-16,30H,4,11-14,17-19H2,1-3H3,(H,31,33,34). The summed E-state index contributed by atoms with van der Waals surface area (Å²) in [4.78, 5) is 35.7. The summed E-state index contributed by atoms with van der Waals surface area (Å²) in [5.74, 6) is 1.60. The number of hydrogen-bond acceptors (Lipinski definition) is 9. The average molecular weight is 526 g/mol. The van der Waals surface area contributed by atoms with Crippen LogP contribution in [0.4, 0.5) is 17.5 Å². The molecule has 1 aromatic carbocycles. The molecule has 2 N–H and O–H groups in total. The predicted octanol–water partition coefficient (Wildman–Crippen LogP) is 2.60. The van der Waals surface area contributed by atoms with Crippen molar-refractivity contribution < 1.29 is 4.79 Å². The predicted molar refractivity (Wildman–Crippen MR) is 153 cm³/mol. The highest BCUT2D eigenvalue weighted by Crippen LogP contribution is 2.34. The monoisotopic (exact) mass is 525 g/mol. The summed E-state index contributed by atoms with van der Waals surface area (Å²) in [6, 6.07) is 12.4. The van der Waals surface area contributed by atoms with Crippen LogP contribution in [0.25, 0.3) is 17.0 Å². The fourth-order valence-electron chi connectivity index (χ4n) is 5.59. The number of nitrogens with one attached hydrogen (secondary N) is 2. The highest BCUT2D eigenvalue weighted by molar-refractivity contribution is 5.78. The zero-order chi connectivity index (χ0) is 26.9. The van der Waals surface area contributed by atoms with Gasteiger partial charge in [-0.05, 0) is 42.3 Å².